The molecule has 1 aliphatic heterocycles. The first kappa shape index (κ1) is 13.1. The van der Waals surface area contributed by atoms with Crippen LogP contribution < -0.4 is 5.32 Å². The second-order valence-corrected chi connectivity index (χ2v) is 6.43. The van der Waals surface area contributed by atoms with E-state index in [2.05, 4.69) is 48.5 Å². The molecule has 0 spiro atoms. The highest BCUT2D eigenvalue weighted by atomic mass is 32.1. The zero-order chi connectivity index (χ0) is 12.3. The fourth-order valence-corrected chi connectivity index (χ4v) is 3.25. The molecule has 96 valence electrons. The number of nitrogens with one attached hydrogen (secondary N) is 1. The van der Waals surface area contributed by atoms with Crippen molar-refractivity contribution in [3.63, 3.8) is 0 Å². The molecule has 1 aliphatic rings. The van der Waals surface area contributed by atoms with Gasteiger partial charge in [0, 0.05) is 30.1 Å². The van der Waals surface area contributed by atoms with Crippen LogP contribution in [0.1, 0.15) is 32.1 Å². The molecule has 2 unspecified atom stereocenters. The Morgan fingerprint density at radius 3 is 2.88 bits per heavy atom. The van der Waals surface area contributed by atoms with Crippen LogP contribution in [0.25, 0.3) is 0 Å². The van der Waals surface area contributed by atoms with E-state index < -0.39 is 0 Å². The average Bonchev–Trinajstić information content (AvgIpc) is 2.90. The Kier molecular flexibility index (Phi) is 4.60. The van der Waals surface area contributed by atoms with Crippen molar-refractivity contribution in [1.82, 2.24) is 10.2 Å². The monoisotopic (exact) mass is 252 g/mol. The van der Waals surface area contributed by atoms with Crippen LogP contribution in [0.4, 0.5) is 0 Å². The molecule has 0 aliphatic carbocycles. The molecule has 0 aromatic carbocycles. The van der Waals surface area contributed by atoms with Crippen LogP contribution in [0, 0.1) is 5.92 Å². The molecule has 1 saturated heterocycles. The van der Waals surface area contributed by atoms with Crippen molar-refractivity contribution in [1.29, 1.82) is 0 Å². The van der Waals surface area contributed by atoms with Crippen molar-refractivity contribution in [2.45, 2.75) is 45.8 Å². The second kappa shape index (κ2) is 5.98. The fraction of sp³-hybridized carbons (Fsp3) is 0.714. The maximum Gasteiger partial charge on any atom is 0.0330 e. The lowest BCUT2D eigenvalue weighted by atomic mass is 10.0. The van der Waals surface area contributed by atoms with Crippen LogP contribution in [-0.4, -0.2) is 30.1 Å². The van der Waals surface area contributed by atoms with E-state index in [1.54, 1.807) is 0 Å². The van der Waals surface area contributed by atoms with Crippen molar-refractivity contribution in [2.24, 2.45) is 5.92 Å². The molecule has 1 fully saturated rings. The summed E-state index contributed by atoms with van der Waals surface area (Å²) in [5.41, 5.74) is 0. The number of hydrogen-bond donors (Lipinski definition) is 1. The van der Waals surface area contributed by atoms with Crippen molar-refractivity contribution < 1.29 is 0 Å². The van der Waals surface area contributed by atoms with Gasteiger partial charge in [-0.1, -0.05) is 6.07 Å². The van der Waals surface area contributed by atoms with Gasteiger partial charge in [-0.25, -0.2) is 0 Å². The summed E-state index contributed by atoms with van der Waals surface area (Å²) in [4.78, 5) is 4.09. The molecule has 2 nitrogen and oxygen atoms in total. The Morgan fingerprint density at radius 1 is 1.53 bits per heavy atom. The molecule has 0 amide bonds. The predicted octanol–water partition coefficient (Wildman–Crippen LogP) is 2.96. The maximum absolute atomic E-state index is 3.55. The number of nitrogens with zero attached hydrogens (tertiary/aromatic N) is 1. The Bertz CT molecular complexity index is 321. The summed E-state index contributed by atoms with van der Waals surface area (Å²) in [6.45, 7) is 10.5. The molecule has 0 bridgehead atoms. The molecule has 1 aromatic heterocycles. The third-order valence-corrected chi connectivity index (χ3v) is 4.69. The van der Waals surface area contributed by atoms with Crippen molar-refractivity contribution in [2.75, 3.05) is 13.1 Å². The zero-order valence-corrected chi connectivity index (χ0v) is 12.0. The highest BCUT2D eigenvalue weighted by Gasteiger charge is 2.25. The molecule has 2 atom stereocenters. The van der Waals surface area contributed by atoms with E-state index in [0.29, 0.717) is 12.1 Å². The van der Waals surface area contributed by atoms with Gasteiger partial charge in [0.05, 0.1) is 0 Å². The van der Waals surface area contributed by atoms with Crippen LogP contribution in [0.3, 0.4) is 0 Å². The van der Waals surface area contributed by atoms with E-state index >= 15 is 0 Å². The van der Waals surface area contributed by atoms with Gasteiger partial charge in [0.25, 0.3) is 0 Å². The minimum Gasteiger partial charge on any atom is -0.314 e. The molecule has 3 heteroatoms. The van der Waals surface area contributed by atoms with Gasteiger partial charge in [0.2, 0.25) is 0 Å². The van der Waals surface area contributed by atoms with E-state index in [-0.39, 0.29) is 0 Å². The molecular formula is C14H24N2S. The van der Waals surface area contributed by atoms with Gasteiger partial charge >= 0.3 is 0 Å². The first-order valence-corrected chi connectivity index (χ1v) is 7.54. The van der Waals surface area contributed by atoms with E-state index in [1.807, 2.05) is 11.3 Å². The lowest BCUT2D eigenvalue weighted by molar-refractivity contribution is 0.175. The fourth-order valence-electron chi connectivity index (χ4n) is 2.52. The summed E-state index contributed by atoms with van der Waals surface area (Å²) in [5.74, 6) is 0.817. The lowest BCUT2D eigenvalue weighted by Gasteiger charge is -2.30. The molecule has 1 aromatic rings. The Labute approximate surface area is 109 Å². The minimum absolute atomic E-state index is 0.630. The van der Waals surface area contributed by atoms with Crippen molar-refractivity contribution in [3.05, 3.63) is 22.4 Å². The highest BCUT2D eigenvalue weighted by molar-refractivity contribution is 7.09. The number of rotatable bonds is 5. The average molecular weight is 252 g/mol. The van der Waals surface area contributed by atoms with E-state index in [1.165, 1.54) is 24.4 Å². The lowest BCUT2D eigenvalue weighted by Crippen LogP contribution is -2.38. The summed E-state index contributed by atoms with van der Waals surface area (Å²) in [7, 11) is 0. The first-order valence-electron chi connectivity index (χ1n) is 6.66. The molecule has 2 heterocycles. The van der Waals surface area contributed by atoms with E-state index in [0.717, 1.165) is 12.5 Å². The van der Waals surface area contributed by atoms with Crippen molar-refractivity contribution in [3.8, 4) is 0 Å². The van der Waals surface area contributed by atoms with Crippen LogP contribution in [0.2, 0.25) is 0 Å². The molecule has 0 saturated carbocycles. The van der Waals surface area contributed by atoms with Crippen LogP contribution in [0.15, 0.2) is 17.5 Å². The standard InChI is InChI=1S/C14H24N2S/c1-11(2)16(10-14-5-4-8-17-14)9-13-6-7-15-12(13)3/h4-5,8,11-13,15H,6-7,9-10H2,1-3H3. The minimum atomic E-state index is 0.630. The van der Waals surface area contributed by atoms with Crippen LogP contribution in [-0.2, 0) is 6.54 Å². The van der Waals surface area contributed by atoms with Crippen LogP contribution in [0.5, 0.6) is 0 Å². The normalized spacial score (nSPS) is 25.0. The van der Waals surface area contributed by atoms with Gasteiger partial charge in [-0.05, 0) is 51.1 Å². The number of hydrogen-bond acceptors (Lipinski definition) is 3. The topological polar surface area (TPSA) is 15.3 Å². The predicted molar refractivity (Wildman–Crippen MR) is 75.4 cm³/mol. The van der Waals surface area contributed by atoms with Gasteiger partial charge in [-0.15, -0.1) is 11.3 Å². The van der Waals surface area contributed by atoms with E-state index in [4.69, 9.17) is 0 Å². The quantitative estimate of drug-likeness (QED) is 0.867. The Balaban J connectivity index is 1.93. The van der Waals surface area contributed by atoms with Gasteiger partial charge in [0.15, 0.2) is 0 Å². The summed E-state index contributed by atoms with van der Waals surface area (Å²) in [6.07, 6.45) is 1.33. The Hall–Kier alpha value is -0.380. The molecule has 1 N–H and O–H groups in total. The summed E-state index contributed by atoms with van der Waals surface area (Å²) in [6, 6.07) is 5.71. The molecular weight excluding hydrogens is 228 g/mol. The highest BCUT2D eigenvalue weighted by Crippen LogP contribution is 2.20. The van der Waals surface area contributed by atoms with Crippen molar-refractivity contribution >= 4 is 11.3 Å². The summed E-state index contributed by atoms with van der Waals surface area (Å²) < 4.78 is 0. The first-order chi connectivity index (χ1) is 8.16. The maximum atomic E-state index is 3.55. The zero-order valence-electron chi connectivity index (χ0n) is 11.1. The summed E-state index contributed by atoms with van der Waals surface area (Å²) >= 11 is 1.87. The van der Waals surface area contributed by atoms with Gasteiger partial charge in [-0.3, -0.25) is 4.90 Å². The molecule has 17 heavy (non-hydrogen) atoms. The third-order valence-electron chi connectivity index (χ3n) is 3.83. The van der Waals surface area contributed by atoms with Crippen LogP contribution >= 0.6 is 11.3 Å². The summed E-state index contributed by atoms with van der Waals surface area (Å²) in [5, 5.41) is 5.72. The van der Waals surface area contributed by atoms with Gasteiger partial charge in [0.1, 0.15) is 0 Å². The molecule has 2 rings (SSSR count). The van der Waals surface area contributed by atoms with E-state index in [9.17, 15) is 0 Å². The second-order valence-electron chi connectivity index (χ2n) is 5.39. The largest absolute Gasteiger partial charge is 0.314 e. The molecule has 0 radical (unpaired) electrons. The third kappa shape index (κ3) is 3.54. The SMILES string of the molecule is CC1NCCC1CN(Cc1cccs1)C(C)C. The number of thiophene rings is 1. The smallest absolute Gasteiger partial charge is 0.0330 e. The Morgan fingerprint density at radius 2 is 2.35 bits per heavy atom. The van der Waals surface area contributed by atoms with Gasteiger partial charge in [-0.2, -0.15) is 0 Å². The van der Waals surface area contributed by atoms with Gasteiger partial charge < -0.3 is 5.32 Å².